The van der Waals surface area contributed by atoms with Gasteiger partial charge in [-0.1, -0.05) is 12.1 Å². The third kappa shape index (κ3) is 3.17. The van der Waals surface area contributed by atoms with Crippen LogP contribution >= 0.6 is 11.3 Å². The van der Waals surface area contributed by atoms with E-state index < -0.39 is 5.97 Å². The Morgan fingerprint density at radius 1 is 1.11 bits per heavy atom. The lowest BCUT2D eigenvalue weighted by Crippen LogP contribution is -2.06. The summed E-state index contributed by atoms with van der Waals surface area (Å²) in [6.45, 7) is 0. The summed E-state index contributed by atoms with van der Waals surface area (Å²) in [6, 6.07) is 14.9. The summed E-state index contributed by atoms with van der Waals surface area (Å²) in [4.78, 5) is 13.7. The van der Waals surface area contributed by atoms with Gasteiger partial charge in [-0.15, -0.1) is 11.3 Å². The number of fused-ring (bicyclic) bond motifs is 1. The largest absolute Gasteiger partial charge is 0.497 e. The van der Waals surface area contributed by atoms with Crippen molar-refractivity contribution in [3.05, 3.63) is 65.3 Å². The average Bonchev–Trinajstić information content (AvgIpc) is 3.24. The summed E-state index contributed by atoms with van der Waals surface area (Å²) < 4.78 is 26.3. The highest BCUT2D eigenvalue weighted by molar-refractivity contribution is 7.20. The molecule has 0 atom stereocenters. The predicted molar refractivity (Wildman–Crippen MR) is 102 cm³/mol. The lowest BCUT2D eigenvalue weighted by atomic mass is 10.1. The zero-order valence-electron chi connectivity index (χ0n) is 14.6. The second kappa shape index (κ2) is 6.85. The van der Waals surface area contributed by atoms with E-state index in [1.54, 1.807) is 67.4 Å². The molecule has 0 aliphatic rings. The number of esters is 1. The lowest BCUT2D eigenvalue weighted by Gasteiger charge is -2.04. The number of carbonyl (C=O) groups is 1. The molecule has 0 saturated heterocycles. The second-order valence-corrected chi connectivity index (χ2v) is 6.88. The standard InChI is InChI=1S/C20H15FN2O3S/c1-23-19-15(18(22-23)14-5-3-4-6-16(14)21)11-17(27-19)20(24)26-13-9-7-12(25-2)8-10-13/h3-11H,1-2H3. The SMILES string of the molecule is COc1ccc(OC(=O)c2cc3c(-c4ccccc4F)nn(C)c3s2)cc1. The summed E-state index contributed by atoms with van der Waals surface area (Å²) >= 11 is 1.26. The van der Waals surface area contributed by atoms with E-state index in [1.165, 1.54) is 17.4 Å². The van der Waals surface area contributed by atoms with E-state index in [4.69, 9.17) is 9.47 Å². The van der Waals surface area contributed by atoms with E-state index in [2.05, 4.69) is 5.10 Å². The van der Waals surface area contributed by atoms with Crippen LogP contribution in [0.3, 0.4) is 0 Å². The Morgan fingerprint density at radius 2 is 1.81 bits per heavy atom. The fourth-order valence-corrected chi connectivity index (χ4v) is 3.74. The molecule has 0 aliphatic carbocycles. The van der Waals surface area contributed by atoms with Crippen LogP contribution in [0.1, 0.15) is 9.67 Å². The number of benzene rings is 2. The first kappa shape index (κ1) is 17.2. The van der Waals surface area contributed by atoms with Gasteiger partial charge in [-0.3, -0.25) is 4.68 Å². The molecule has 136 valence electrons. The van der Waals surface area contributed by atoms with Crippen molar-refractivity contribution in [2.24, 2.45) is 7.05 Å². The summed E-state index contributed by atoms with van der Waals surface area (Å²) in [5.41, 5.74) is 0.904. The average molecular weight is 382 g/mol. The molecule has 5 nitrogen and oxygen atoms in total. The number of aryl methyl sites for hydroxylation is 1. The van der Waals surface area contributed by atoms with Crippen molar-refractivity contribution in [1.82, 2.24) is 9.78 Å². The van der Waals surface area contributed by atoms with Gasteiger partial charge in [0.15, 0.2) is 0 Å². The number of hydrogen-bond acceptors (Lipinski definition) is 5. The van der Waals surface area contributed by atoms with Gasteiger partial charge in [0.25, 0.3) is 0 Å². The van der Waals surface area contributed by atoms with Gasteiger partial charge in [0.1, 0.15) is 32.7 Å². The molecule has 0 N–H and O–H groups in total. The molecule has 4 aromatic rings. The van der Waals surface area contributed by atoms with Gasteiger partial charge in [0.2, 0.25) is 0 Å². The summed E-state index contributed by atoms with van der Waals surface area (Å²) in [6.07, 6.45) is 0. The normalized spacial score (nSPS) is 10.9. The minimum Gasteiger partial charge on any atom is -0.497 e. The minimum absolute atomic E-state index is 0.356. The van der Waals surface area contributed by atoms with Crippen molar-refractivity contribution in [2.45, 2.75) is 0 Å². The molecule has 0 unspecified atom stereocenters. The maximum Gasteiger partial charge on any atom is 0.353 e. The van der Waals surface area contributed by atoms with Crippen molar-refractivity contribution < 1.29 is 18.7 Å². The molecular weight excluding hydrogens is 367 g/mol. The Bertz CT molecular complexity index is 1130. The number of rotatable bonds is 4. The van der Waals surface area contributed by atoms with Gasteiger partial charge < -0.3 is 9.47 Å². The fraction of sp³-hybridized carbons (Fsp3) is 0.100. The van der Waals surface area contributed by atoms with Crippen molar-refractivity contribution in [3.63, 3.8) is 0 Å². The zero-order valence-corrected chi connectivity index (χ0v) is 15.4. The predicted octanol–water partition coefficient (Wildman–Crippen LogP) is 4.67. The van der Waals surface area contributed by atoms with Crippen LogP contribution in [0.2, 0.25) is 0 Å². The monoisotopic (exact) mass is 382 g/mol. The Labute approximate surface area is 158 Å². The zero-order chi connectivity index (χ0) is 19.0. The Kier molecular flexibility index (Phi) is 4.37. The molecule has 7 heteroatoms. The molecule has 0 aliphatic heterocycles. The molecule has 2 aromatic heterocycles. The van der Waals surface area contributed by atoms with Gasteiger partial charge in [0.05, 0.1) is 7.11 Å². The van der Waals surface area contributed by atoms with Crippen LogP contribution in [-0.2, 0) is 7.05 Å². The van der Waals surface area contributed by atoms with Crippen LogP contribution in [0.5, 0.6) is 11.5 Å². The fourth-order valence-electron chi connectivity index (χ4n) is 2.79. The van der Waals surface area contributed by atoms with E-state index in [0.717, 1.165) is 4.83 Å². The van der Waals surface area contributed by atoms with E-state index in [9.17, 15) is 9.18 Å². The van der Waals surface area contributed by atoms with Crippen LogP contribution in [0.15, 0.2) is 54.6 Å². The van der Waals surface area contributed by atoms with Gasteiger partial charge in [-0.05, 0) is 42.5 Å². The molecular formula is C20H15FN2O3S. The van der Waals surface area contributed by atoms with Crippen LogP contribution in [-0.4, -0.2) is 22.9 Å². The maximum absolute atomic E-state index is 14.2. The number of hydrogen-bond donors (Lipinski definition) is 0. The highest BCUT2D eigenvalue weighted by Crippen LogP contribution is 2.35. The number of ether oxygens (including phenoxy) is 2. The first-order chi connectivity index (χ1) is 13.1. The van der Waals surface area contributed by atoms with Crippen LogP contribution < -0.4 is 9.47 Å². The number of methoxy groups -OCH3 is 1. The van der Waals surface area contributed by atoms with Gasteiger partial charge in [0, 0.05) is 18.0 Å². The summed E-state index contributed by atoms with van der Waals surface area (Å²) in [5.74, 6) is 0.273. The summed E-state index contributed by atoms with van der Waals surface area (Å²) in [5, 5.41) is 5.12. The Hall–Kier alpha value is -3.19. The molecule has 0 radical (unpaired) electrons. The summed E-state index contributed by atoms with van der Waals surface area (Å²) in [7, 11) is 3.33. The van der Waals surface area contributed by atoms with E-state index in [1.807, 2.05) is 0 Å². The Morgan fingerprint density at radius 3 is 2.52 bits per heavy atom. The number of thiophene rings is 1. The lowest BCUT2D eigenvalue weighted by molar-refractivity contribution is 0.0740. The first-order valence-electron chi connectivity index (χ1n) is 8.14. The third-order valence-electron chi connectivity index (χ3n) is 4.11. The van der Waals surface area contributed by atoms with Gasteiger partial charge >= 0.3 is 5.97 Å². The highest BCUT2D eigenvalue weighted by atomic mass is 32.1. The van der Waals surface area contributed by atoms with Crippen LogP contribution in [0, 0.1) is 5.82 Å². The van der Waals surface area contributed by atoms with Crippen molar-refractivity contribution in [1.29, 1.82) is 0 Å². The first-order valence-corrected chi connectivity index (χ1v) is 8.96. The second-order valence-electron chi connectivity index (χ2n) is 5.85. The molecule has 2 aromatic carbocycles. The quantitative estimate of drug-likeness (QED) is 0.380. The molecule has 0 spiro atoms. The van der Waals surface area contributed by atoms with Crippen molar-refractivity contribution in [2.75, 3.05) is 7.11 Å². The molecule has 27 heavy (non-hydrogen) atoms. The molecule has 4 rings (SSSR count). The molecule has 0 bridgehead atoms. The van der Waals surface area contributed by atoms with Crippen LogP contribution in [0.25, 0.3) is 21.5 Å². The van der Waals surface area contributed by atoms with Gasteiger partial charge in [-0.25, -0.2) is 9.18 Å². The third-order valence-corrected chi connectivity index (χ3v) is 5.29. The highest BCUT2D eigenvalue weighted by Gasteiger charge is 2.20. The van der Waals surface area contributed by atoms with E-state index >= 15 is 0 Å². The number of aromatic nitrogens is 2. The van der Waals surface area contributed by atoms with E-state index in [-0.39, 0.29) is 5.82 Å². The number of nitrogens with zero attached hydrogens (tertiary/aromatic N) is 2. The van der Waals surface area contributed by atoms with Gasteiger partial charge in [-0.2, -0.15) is 5.10 Å². The van der Waals surface area contributed by atoms with Crippen molar-refractivity contribution >= 4 is 27.5 Å². The van der Waals surface area contributed by atoms with Crippen LogP contribution in [0.4, 0.5) is 4.39 Å². The minimum atomic E-state index is -0.471. The molecule has 0 fully saturated rings. The smallest absolute Gasteiger partial charge is 0.353 e. The molecule has 0 saturated carbocycles. The molecule has 0 amide bonds. The number of carbonyl (C=O) groups excluding carboxylic acids is 1. The van der Waals surface area contributed by atoms with Crippen molar-refractivity contribution in [3.8, 4) is 22.8 Å². The van der Waals surface area contributed by atoms with E-state index in [0.29, 0.717) is 33.0 Å². The molecule has 2 heterocycles. The maximum atomic E-state index is 14.2. The Balaban J connectivity index is 1.68. The topological polar surface area (TPSA) is 53.4 Å². The number of halogens is 1.